The summed E-state index contributed by atoms with van der Waals surface area (Å²) in [4.78, 5) is 29.6. The van der Waals surface area contributed by atoms with Crippen molar-refractivity contribution in [3.05, 3.63) is 113 Å². The molecule has 3 nitrogen and oxygen atoms in total. The van der Waals surface area contributed by atoms with Gasteiger partial charge in [0.2, 0.25) is 0 Å². The Hall–Kier alpha value is -3.37. The highest BCUT2D eigenvalue weighted by atomic mass is 32.2. The molecule has 3 aromatic rings. The molecule has 0 bridgehead atoms. The number of anilines is 1. The van der Waals surface area contributed by atoms with Crippen LogP contribution < -0.4 is 4.90 Å². The molecule has 0 saturated heterocycles. The molecule has 4 heteroatoms. The van der Waals surface area contributed by atoms with Crippen LogP contribution in [0.1, 0.15) is 35.3 Å². The van der Waals surface area contributed by atoms with Crippen LogP contribution >= 0.6 is 11.8 Å². The molecule has 34 heavy (non-hydrogen) atoms. The Balaban J connectivity index is 1.94. The summed E-state index contributed by atoms with van der Waals surface area (Å²) in [6.45, 7) is 4.33. The maximum absolute atomic E-state index is 13.5. The molecule has 0 fully saturated rings. The summed E-state index contributed by atoms with van der Waals surface area (Å²) >= 11 is 1.61. The summed E-state index contributed by atoms with van der Waals surface area (Å²) in [6, 6.07) is 25.1. The molecule has 0 aromatic heterocycles. The predicted octanol–water partition coefficient (Wildman–Crippen LogP) is 7.09. The van der Waals surface area contributed by atoms with Crippen molar-refractivity contribution < 1.29 is 9.59 Å². The molecular weight excluding hydrogens is 438 g/mol. The molecule has 0 saturated carbocycles. The van der Waals surface area contributed by atoms with Crippen molar-refractivity contribution in [1.82, 2.24) is 0 Å². The molecular formula is C30H31NO2S. The van der Waals surface area contributed by atoms with Crippen LogP contribution in [-0.2, 0) is 11.2 Å². The molecule has 0 unspecified atom stereocenters. The quantitative estimate of drug-likeness (QED) is 0.0838. The van der Waals surface area contributed by atoms with E-state index in [0.29, 0.717) is 11.5 Å². The summed E-state index contributed by atoms with van der Waals surface area (Å²) in [5.41, 5.74) is 3.55. The third kappa shape index (κ3) is 6.82. The van der Waals surface area contributed by atoms with Crippen molar-refractivity contribution in [1.29, 1.82) is 0 Å². The lowest BCUT2D eigenvalue weighted by atomic mass is 9.97. The molecule has 0 aliphatic carbocycles. The Labute approximate surface area is 207 Å². The third-order valence-electron chi connectivity index (χ3n) is 5.43. The number of benzene rings is 3. The largest absolute Gasteiger partial charge is 0.311 e. The number of ketones is 1. The van der Waals surface area contributed by atoms with Crippen LogP contribution in [-0.4, -0.2) is 25.0 Å². The summed E-state index contributed by atoms with van der Waals surface area (Å²) in [7, 11) is 1.70. The summed E-state index contributed by atoms with van der Waals surface area (Å²) in [5.74, 6) is -0.0914. The highest BCUT2D eigenvalue weighted by Gasteiger charge is 2.23. The number of hydrogen-bond acceptors (Lipinski definition) is 3. The zero-order valence-electron chi connectivity index (χ0n) is 20.2. The van der Waals surface area contributed by atoms with Gasteiger partial charge >= 0.3 is 0 Å². The van der Waals surface area contributed by atoms with Crippen LogP contribution in [0.2, 0.25) is 0 Å². The molecule has 0 aliphatic rings. The number of carbonyl (C=O) groups is 2. The average Bonchev–Trinajstić information content (AvgIpc) is 2.86. The number of rotatable bonds is 9. The van der Waals surface area contributed by atoms with Gasteiger partial charge in [-0.3, -0.25) is 9.59 Å². The Kier molecular flexibility index (Phi) is 9.06. The van der Waals surface area contributed by atoms with E-state index in [1.807, 2.05) is 91.2 Å². The van der Waals surface area contributed by atoms with Gasteiger partial charge < -0.3 is 4.90 Å². The van der Waals surface area contributed by atoms with E-state index in [4.69, 9.17) is 0 Å². The summed E-state index contributed by atoms with van der Waals surface area (Å²) in [5, 5.41) is 0. The molecule has 3 aromatic carbocycles. The first-order valence-corrected chi connectivity index (χ1v) is 12.6. The maximum Gasteiger partial charge on any atom is 0.261 e. The second-order valence-corrected chi connectivity index (χ2v) is 9.42. The van der Waals surface area contributed by atoms with Crippen molar-refractivity contribution in [3.63, 3.8) is 0 Å². The minimum atomic E-state index is -0.341. The monoisotopic (exact) mass is 469 g/mol. The number of amides is 1. The van der Waals surface area contributed by atoms with Gasteiger partial charge in [0.15, 0.2) is 5.78 Å². The first kappa shape index (κ1) is 25.3. The fourth-order valence-electron chi connectivity index (χ4n) is 3.60. The molecule has 0 spiro atoms. The standard InChI is InChI=1S/C30H31NO2S/c1-22(2)20-24-16-18-25(19-17-24)29(32)28(15-8-12-23-10-6-5-7-11-23)30(33)31(3)26-13-9-14-27(21-26)34-4/h5-19,21-22H,20H2,1-4H3/b12-8+,28-15-. The van der Waals surface area contributed by atoms with Crippen molar-refractivity contribution >= 4 is 35.2 Å². The molecule has 174 valence electrons. The van der Waals surface area contributed by atoms with Gasteiger partial charge in [-0.2, -0.15) is 0 Å². The summed E-state index contributed by atoms with van der Waals surface area (Å²) in [6.07, 6.45) is 8.21. The van der Waals surface area contributed by atoms with Gasteiger partial charge in [0, 0.05) is 23.2 Å². The Morgan fingerprint density at radius 1 is 0.941 bits per heavy atom. The van der Waals surface area contributed by atoms with E-state index in [1.165, 1.54) is 10.5 Å². The van der Waals surface area contributed by atoms with Gasteiger partial charge in [-0.05, 0) is 54.0 Å². The van der Waals surface area contributed by atoms with E-state index >= 15 is 0 Å². The van der Waals surface area contributed by atoms with Crippen molar-refractivity contribution in [3.8, 4) is 0 Å². The molecule has 3 rings (SSSR count). The number of likely N-dealkylation sites (N-methyl/N-ethyl adjacent to an activating group) is 1. The van der Waals surface area contributed by atoms with Gasteiger partial charge in [0.05, 0.1) is 5.57 Å². The Bertz CT molecular complexity index is 1180. The number of hydrogen-bond donors (Lipinski definition) is 0. The van der Waals surface area contributed by atoms with Gasteiger partial charge in [-0.1, -0.05) is 86.7 Å². The van der Waals surface area contributed by atoms with Crippen molar-refractivity contribution in [2.75, 3.05) is 18.2 Å². The first-order chi connectivity index (χ1) is 16.4. The fraction of sp³-hybridized carbons (Fsp3) is 0.200. The third-order valence-corrected chi connectivity index (χ3v) is 6.16. The minimum Gasteiger partial charge on any atom is -0.311 e. The van der Waals surface area contributed by atoms with Crippen LogP contribution in [0.15, 0.2) is 101 Å². The second kappa shape index (κ2) is 12.2. The molecule has 1 amide bonds. The van der Waals surface area contributed by atoms with Crippen LogP contribution in [0.4, 0.5) is 5.69 Å². The molecule has 0 heterocycles. The fourth-order valence-corrected chi connectivity index (χ4v) is 4.05. The predicted molar refractivity (Wildman–Crippen MR) is 145 cm³/mol. The van der Waals surface area contributed by atoms with Crippen LogP contribution in [0.5, 0.6) is 0 Å². The van der Waals surface area contributed by atoms with Crippen molar-refractivity contribution in [2.45, 2.75) is 25.2 Å². The van der Waals surface area contributed by atoms with Gasteiger partial charge in [-0.25, -0.2) is 0 Å². The van der Waals surface area contributed by atoms with Crippen molar-refractivity contribution in [2.24, 2.45) is 5.92 Å². The van der Waals surface area contributed by atoms with E-state index in [2.05, 4.69) is 13.8 Å². The molecule has 0 aliphatic heterocycles. The Morgan fingerprint density at radius 3 is 2.29 bits per heavy atom. The van der Waals surface area contributed by atoms with Crippen LogP contribution in [0.25, 0.3) is 6.08 Å². The Morgan fingerprint density at radius 2 is 1.65 bits per heavy atom. The topological polar surface area (TPSA) is 37.4 Å². The van der Waals surface area contributed by atoms with E-state index in [1.54, 1.807) is 31.0 Å². The number of Topliss-reactive ketones (excluding diaryl/α,β-unsaturated/α-hetero) is 1. The van der Waals surface area contributed by atoms with Crippen LogP contribution in [0, 0.1) is 5.92 Å². The lowest BCUT2D eigenvalue weighted by Gasteiger charge is -2.19. The second-order valence-electron chi connectivity index (χ2n) is 8.54. The van der Waals surface area contributed by atoms with Gasteiger partial charge in [0.25, 0.3) is 5.91 Å². The van der Waals surface area contributed by atoms with Gasteiger partial charge in [-0.15, -0.1) is 11.8 Å². The molecule has 0 atom stereocenters. The van der Waals surface area contributed by atoms with Gasteiger partial charge in [0.1, 0.15) is 0 Å². The summed E-state index contributed by atoms with van der Waals surface area (Å²) < 4.78 is 0. The maximum atomic E-state index is 13.5. The number of carbonyl (C=O) groups excluding carboxylic acids is 2. The SMILES string of the molecule is CSc1cccc(N(C)C(=O)/C(=C\C=C\c2ccccc2)C(=O)c2ccc(CC(C)C)cc2)c1. The average molecular weight is 470 g/mol. The molecule has 0 N–H and O–H groups in total. The number of thioether (sulfide) groups is 1. The zero-order valence-corrected chi connectivity index (χ0v) is 21.0. The van der Waals surface area contributed by atoms with Crippen LogP contribution in [0.3, 0.4) is 0 Å². The highest BCUT2D eigenvalue weighted by molar-refractivity contribution is 7.98. The lowest BCUT2D eigenvalue weighted by molar-refractivity contribution is -0.114. The van der Waals surface area contributed by atoms with E-state index in [0.717, 1.165) is 22.6 Å². The first-order valence-electron chi connectivity index (χ1n) is 11.4. The lowest BCUT2D eigenvalue weighted by Crippen LogP contribution is -2.31. The normalized spacial score (nSPS) is 11.7. The minimum absolute atomic E-state index is 0.126. The van der Waals surface area contributed by atoms with E-state index in [-0.39, 0.29) is 17.3 Å². The zero-order chi connectivity index (χ0) is 24.5. The highest BCUT2D eigenvalue weighted by Crippen LogP contribution is 2.23. The smallest absolute Gasteiger partial charge is 0.261 e. The number of allylic oxidation sites excluding steroid dienone is 2. The molecule has 0 radical (unpaired) electrons. The van der Waals surface area contributed by atoms with E-state index in [9.17, 15) is 9.59 Å². The van der Waals surface area contributed by atoms with E-state index < -0.39 is 0 Å². The number of nitrogens with zero attached hydrogens (tertiary/aromatic N) is 1.